The number of methoxy groups -OCH3 is 2. The summed E-state index contributed by atoms with van der Waals surface area (Å²) in [6.45, 7) is 0.761. The molecule has 1 saturated heterocycles. The van der Waals surface area contributed by atoms with Crippen molar-refractivity contribution in [2.24, 2.45) is 0 Å². The predicted molar refractivity (Wildman–Crippen MR) is 121 cm³/mol. The molecule has 1 aliphatic heterocycles. The van der Waals surface area contributed by atoms with Crippen molar-refractivity contribution in [1.29, 1.82) is 5.26 Å². The molecular formula is C22H23ClN4O4S. The number of unbranched alkanes of at least 4 members (excludes halogenated alkanes) is 1. The molecule has 1 aromatic carbocycles. The highest BCUT2D eigenvalue weighted by Crippen LogP contribution is 2.37. The zero-order valence-electron chi connectivity index (χ0n) is 17.8. The van der Waals surface area contributed by atoms with Crippen molar-refractivity contribution < 1.29 is 19.1 Å². The molecular weight excluding hydrogens is 452 g/mol. The second-order valence-electron chi connectivity index (χ2n) is 6.83. The van der Waals surface area contributed by atoms with Crippen molar-refractivity contribution in [3.05, 3.63) is 46.6 Å². The van der Waals surface area contributed by atoms with Crippen LogP contribution >= 0.6 is 23.4 Å². The normalized spacial score (nSPS) is 13.1. The molecule has 2 aromatic rings. The van der Waals surface area contributed by atoms with E-state index in [1.165, 1.54) is 36.0 Å². The molecule has 3 rings (SSSR count). The lowest BCUT2D eigenvalue weighted by atomic mass is 10.1. The number of aromatic nitrogens is 1. The van der Waals surface area contributed by atoms with Gasteiger partial charge in [0, 0.05) is 31.5 Å². The lowest BCUT2D eigenvalue weighted by molar-refractivity contribution is 0.0179. The van der Waals surface area contributed by atoms with Crippen LogP contribution < -0.4 is 9.47 Å². The molecule has 1 aliphatic rings. The minimum absolute atomic E-state index is 0.166. The molecule has 8 nitrogen and oxygen atoms in total. The number of nitriles is 1. The summed E-state index contributed by atoms with van der Waals surface area (Å²) < 4.78 is 10.7. The second kappa shape index (κ2) is 11.1. The van der Waals surface area contributed by atoms with Crippen LogP contribution in [0.4, 0.5) is 0 Å². The van der Waals surface area contributed by atoms with Crippen LogP contribution in [0.5, 0.6) is 11.5 Å². The molecule has 0 aliphatic carbocycles. The van der Waals surface area contributed by atoms with Crippen molar-refractivity contribution in [2.75, 3.05) is 33.1 Å². The Bertz CT molecular complexity index is 1040. The average Bonchev–Trinajstić information content (AvgIpc) is 3.31. The first kappa shape index (κ1) is 23.7. The van der Waals surface area contributed by atoms with Crippen LogP contribution in [0, 0.1) is 11.3 Å². The van der Waals surface area contributed by atoms with E-state index < -0.39 is 5.91 Å². The van der Waals surface area contributed by atoms with Crippen LogP contribution in [-0.2, 0) is 0 Å². The van der Waals surface area contributed by atoms with E-state index in [2.05, 4.69) is 11.1 Å². The average molecular weight is 475 g/mol. The zero-order chi connectivity index (χ0) is 23.1. The first-order valence-corrected chi connectivity index (χ1v) is 11.4. The summed E-state index contributed by atoms with van der Waals surface area (Å²) in [4.78, 5) is 31.2. The van der Waals surface area contributed by atoms with Crippen molar-refractivity contribution in [1.82, 2.24) is 15.0 Å². The van der Waals surface area contributed by atoms with Crippen LogP contribution in [0.2, 0.25) is 5.02 Å². The Morgan fingerprint density at radius 2 is 1.94 bits per heavy atom. The summed E-state index contributed by atoms with van der Waals surface area (Å²) in [7, 11) is 2.88. The van der Waals surface area contributed by atoms with E-state index in [0.717, 1.165) is 0 Å². The maximum absolute atomic E-state index is 13.5. The Morgan fingerprint density at radius 1 is 1.19 bits per heavy atom. The van der Waals surface area contributed by atoms with E-state index in [4.69, 9.17) is 26.3 Å². The smallest absolute Gasteiger partial charge is 0.280 e. The third-order valence-electron chi connectivity index (χ3n) is 4.88. The number of amides is 2. The van der Waals surface area contributed by atoms with Gasteiger partial charge >= 0.3 is 0 Å². The summed E-state index contributed by atoms with van der Waals surface area (Å²) in [6, 6.07) is 8.69. The quantitative estimate of drug-likeness (QED) is 0.420. The number of thioether (sulfide) groups is 1. The Labute approximate surface area is 196 Å². The fraction of sp³-hybridized carbons (Fsp3) is 0.364. The zero-order valence-corrected chi connectivity index (χ0v) is 19.4. The first-order chi connectivity index (χ1) is 15.5. The van der Waals surface area contributed by atoms with Gasteiger partial charge in [-0.05, 0) is 37.1 Å². The summed E-state index contributed by atoms with van der Waals surface area (Å²) in [6.07, 6.45) is 3.40. The Hall–Kier alpha value is -2.96. The Balaban J connectivity index is 1.89. The highest BCUT2D eigenvalue weighted by molar-refractivity contribution is 7.99. The van der Waals surface area contributed by atoms with E-state index in [9.17, 15) is 9.59 Å². The largest absolute Gasteiger partial charge is 0.496 e. The van der Waals surface area contributed by atoms with E-state index in [-0.39, 0.29) is 22.2 Å². The molecule has 32 heavy (non-hydrogen) atoms. The molecule has 0 spiro atoms. The summed E-state index contributed by atoms with van der Waals surface area (Å²) in [5.74, 6) is 0.437. The summed E-state index contributed by atoms with van der Waals surface area (Å²) >= 11 is 7.66. The number of hydrogen-bond acceptors (Lipinski definition) is 7. The third-order valence-corrected chi connectivity index (χ3v) is 6.27. The van der Waals surface area contributed by atoms with Crippen molar-refractivity contribution in [3.63, 3.8) is 0 Å². The molecule has 0 atom stereocenters. The Morgan fingerprint density at radius 3 is 2.62 bits per heavy atom. The standard InChI is InChI=1S/C22H23ClN4O4S/c1-30-17-9-8-16(23)19(31-2)18(17)22(29)27-13-6-12-26(27)21(28)15-7-5-11-25-20(15)32-14-4-3-10-24/h5,7-9,11H,3-4,6,12-14H2,1-2H3. The van der Waals surface area contributed by atoms with Gasteiger partial charge in [-0.15, -0.1) is 11.8 Å². The van der Waals surface area contributed by atoms with E-state index in [0.29, 0.717) is 54.4 Å². The van der Waals surface area contributed by atoms with E-state index in [1.807, 2.05) is 0 Å². The predicted octanol–water partition coefficient (Wildman–Crippen LogP) is 4.05. The molecule has 1 fully saturated rings. The van der Waals surface area contributed by atoms with Gasteiger partial charge in [-0.3, -0.25) is 9.59 Å². The van der Waals surface area contributed by atoms with Gasteiger partial charge in [-0.25, -0.2) is 15.0 Å². The molecule has 0 bridgehead atoms. The van der Waals surface area contributed by atoms with Gasteiger partial charge in [0.15, 0.2) is 5.75 Å². The number of rotatable bonds is 8. The third kappa shape index (κ3) is 4.92. The SMILES string of the molecule is COc1ccc(Cl)c(OC)c1C(=O)N1CCCN1C(=O)c1cccnc1SCCCC#N. The van der Waals surface area contributed by atoms with Gasteiger partial charge in [0.1, 0.15) is 16.3 Å². The second-order valence-corrected chi connectivity index (χ2v) is 8.33. The molecule has 0 N–H and O–H groups in total. The summed E-state index contributed by atoms with van der Waals surface area (Å²) in [5, 5.41) is 12.4. The van der Waals surface area contributed by atoms with Gasteiger partial charge in [-0.2, -0.15) is 5.26 Å². The maximum Gasteiger partial charge on any atom is 0.280 e. The van der Waals surface area contributed by atoms with Crippen LogP contribution in [-0.4, -0.2) is 59.9 Å². The van der Waals surface area contributed by atoms with Gasteiger partial charge in [-0.1, -0.05) is 11.6 Å². The van der Waals surface area contributed by atoms with Crippen LogP contribution in [0.1, 0.15) is 40.0 Å². The maximum atomic E-state index is 13.5. The van der Waals surface area contributed by atoms with Gasteiger partial charge in [0.2, 0.25) is 0 Å². The minimum Gasteiger partial charge on any atom is -0.496 e. The number of hydrogen-bond donors (Lipinski definition) is 0. The van der Waals surface area contributed by atoms with Crippen molar-refractivity contribution >= 4 is 35.2 Å². The molecule has 168 valence electrons. The molecule has 0 saturated carbocycles. The number of pyridine rings is 1. The lowest BCUT2D eigenvalue weighted by Gasteiger charge is -2.29. The van der Waals surface area contributed by atoms with Crippen LogP contribution in [0.3, 0.4) is 0 Å². The monoisotopic (exact) mass is 474 g/mol. The molecule has 0 radical (unpaired) electrons. The molecule has 2 heterocycles. The topological polar surface area (TPSA) is 95.8 Å². The molecule has 0 unspecified atom stereocenters. The molecule has 2 amide bonds. The first-order valence-electron chi connectivity index (χ1n) is 10.0. The summed E-state index contributed by atoms with van der Waals surface area (Å²) in [5.41, 5.74) is 0.582. The molecule has 1 aromatic heterocycles. The number of nitrogens with zero attached hydrogens (tertiary/aromatic N) is 4. The highest BCUT2D eigenvalue weighted by atomic mass is 35.5. The van der Waals surface area contributed by atoms with Gasteiger partial charge in [0.05, 0.1) is 30.9 Å². The Kier molecular flexibility index (Phi) is 8.20. The highest BCUT2D eigenvalue weighted by Gasteiger charge is 2.36. The molecule has 10 heteroatoms. The number of halogens is 1. The number of hydrazine groups is 1. The number of benzene rings is 1. The fourth-order valence-electron chi connectivity index (χ4n) is 3.40. The number of carbonyl (C=O) groups excluding carboxylic acids is 2. The lowest BCUT2D eigenvalue weighted by Crippen LogP contribution is -2.45. The fourth-order valence-corrected chi connectivity index (χ4v) is 4.57. The number of carbonyl (C=O) groups is 2. The number of ether oxygens (including phenoxy) is 2. The van der Waals surface area contributed by atoms with Crippen molar-refractivity contribution in [2.45, 2.75) is 24.3 Å². The van der Waals surface area contributed by atoms with Gasteiger partial charge < -0.3 is 9.47 Å². The van der Waals surface area contributed by atoms with E-state index >= 15 is 0 Å². The minimum atomic E-state index is -0.431. The van der Waals surface area contributed by atoms with E-state index in [1.54, 1.807) is 30.5 Å². The van der Waals surface area contributed by atoms with Crippen LogP contribution in [0.25, 0.3) is 0 Å². The van der Waals surface area contributed by atoms with Crippen molar-refractivity contribution in [3.8, 4) is 17.6 Å². The van der Waals surface area contributed by atoms with Gasteiger partial charge in [0.25, 0.3) is 11.8 Å². The van der Waals surface area contributed by atoms with Crippen LogP contribution in [0.15, 0.2) is 35.5 Å².